The van der Waals surface area contributed by atoms with Gasteiger partial charge in [-0.1, -0.05) is 12.1 Å². The topological polar surface area (TPSA) is 100 Å². The molecule has 0 spiro atoms. The second-order valence-corrected chi connectivity index (χ2v) is 5.32. The van der Waals surface area contributed by atoms with Gasteiger partial charge in [-0.3, -0.25) is 4.79 Å². The van der Waals surface area contributed by atoms with Crippen molar-refractivity contribution in [1.82, 2.24) is 0 Å². The maximum Gasteiger partial charge on any atom is 0.336 e. The number of nitrogens with zero attached hydrogens (tertiary/aromatic N) is 2. The first-order chi connectivity index (χ1) is 12.1. The summed E-state index contributed by atoms with van der Waals surface area (Å²) < 4.78 is 6.14. The van der Waals surface area contributed by atoms with Crippen LogP contribution >= 0.6 is 0 Å². The van der Waals surface area contributed by atoms with E-state index >= 15 is 0 Å². The summed E-state index contributed by atoms with van der Waals surface area (Å²) in [6, 6.07) is 12.4. The van der Waals surface area contributed by atoms with Crippen LogP contribution in [0.3, 0.4) is 0 Å². The van der Waals surface area contributed by atoms with Gasteiger partial charge in [-0.05, 0) is 31.2 Å². The van der Waals surface area contributed by atoms with Gasteiger partial charge in [-0.15, -0.1) is 0 Å². The summed E-state index contributed by atoms with van der Waals surface area (Å²) in [6.45, 7) is 1.60. The predicted octanol–water partition coefficient (Wildman–Crippen LogP) is 1.23. The van der Waals surface area contributed by atoms with Crippen molar-refractivity contribution in [3.8, 4) is 5.75 Å². The lowest BCUT2D eigenvalue weighted by atomic mass is 10.1. The Bertz CT molecular complexity index is 938. The Balaban J connectivity index is 2.17. The molecule has 0 aliphatic heterocycles. The molecular weight excluding hydrogens is 324 g/mol. The number of benzene rings is 2. The van der Waals surface area contributed by atoms with Gasteiger partial charge in [0.2, 0.25) is 0 Å². The van der Waals surface area contributed by atoms with Crippen molar-refractivity contribution in [1.29, 1.82) is 0 Å². The van der Waals surface area contributed by atoms with Crippen LogP contribution in [-0.2, 0) is 6.61 Å². The second-order valence-electron chi connectivity index (χ2n) is 5.32. The number of hydrogen-bond donors (Lipinski definition) is 1. The number of carbonyl (C=O) groups excluding carboxylic acids is 1. The Labute approximate surface area is 143 Å². The van der Waals surface area contributed by atoms with Crippen LogP contribution in [0.4, 0.5) is 0 Å². The first-order valence-electron chi connectivity index (χ1n) is 7.73. The monoisotopic (exact) mass is 340 g/mol. The van der Waals surface area contributed by atoms with Crippen LogP contribution in [0, 0.1) is 10.4 Å². The van der Waals surface area contributed by atoms with Gasteiger partial charge >= 0.3 is 5.69 Å². The lowest BCUT2D eigenvalue weighted by Gasteiger charge is -2.11. The molecule has 0 bridgehead atoms. The molecule has 1 N–H and O–H groups in total. The number of fused-ring (bicyclic) bond motifs is 1. The van der Waals surface area contributed by atoms with Crippen molar-refractivity contribution in [2.75, 3.05) is 6.61 Å². The van der Waals surface area contributed by atoms with Gasteiger partial charge in [0.05, 0.1) is 6.61 Å². The smallest absolute Gasteiger partial charge is 0.336 e. The van der Waals surface area contributed by atoms with Crippen LogP contribution in [0.25, 0.3) is 11.0 Å². The van der Waals surface area contributed by atoms with Gasteiger partial charge in [0.15, 0.2) is 0 Å². The van der Waals surface area contributed by atoms with E-state index in [1.165, 1.54) is 24.3 Å². The third kappa shape index (κ3) is 2.85. The average molecular weight is 340 g/mol. The molecule has 0 saturated carbocycles. The molecule has 25 heavy (non-hydrogen) atoms. The number of ether oxygens (including phenoxy) is 1. The fourth-order valence-corrected chi connectivity index (χ4v) is 2.66. The Kier molecular flexibility index (Phi) is 4.49. The molecule has 1 aromatic heterocycles. The Morgan fingerprint density at radius 2 is 1.64 bits per heavy atom. The molecule has 7 nitrogen and oxygen atoms in total. The summed E-state index contributed by atoms with van der Waals surface area (Å²) >= 11 is 0. The van der Waals surface area contributed by atoms with Crippen molar-refractivity contribution >= 4 is 16.8 Å². The standard InChI is InChI=1S/C18H16N2O5/c1-2-25-13-9-7-12(8-10-13)18(22)17-16(11-21)19(23)14-5-3-4-6-15(14)20(17)24/h3-10,21H,2,11H2,1H3. The minimum absolute atomic E-state index is 0.0592. The van der Waals surface area contributed by atoms with Crippen molar-refractivity contribution in [2.24, 2.45) is 0 Å². The van der Waals surface area contributed by atoms with Gasteiger partial charge in [0.25, 0.3) is 22.5 Å². The first-order valence-corrected chi connectivity index (χ1v) is 7.73. The molecule has 0 amide bonds. The summed E-state index contributed by atoms with van der Waals surface area (Å²) in [6.07, 6.45) is 0. The molecule has 0 aliphatic rings. The summed E-state index contributed by atoms with van der Waals surface area (Å²) in [4.78, 5) is 12.8. The predicted molar refractivity (Wildman–Crippen MR) is 88.8 cm³/mol. The van der Waals surface area contributed by atoms with Gasteiger partial charge < -0.3 is 20.3 Å². The molecule has 0 radical (unpaired) electrons. The number of hydrogen-bond acceptors (Lipinski definition) is 5. The SMILES string of the molecule is CCOc1ccc(C(=O)c2c(CO)[n+]([O-])c3ccccc3[n+]2[O-])cc1. The van der Waals surface area contributed by atoms with Gasteiger partial charge in [0, 0.05) is 17.7 Å². The number of ketones is 1. The van der Waals surface area contributed by atoms with Gasteiger partial charge in [-0.2, -0.15) is 9.46 Å². The highest BCUT2D eigenvalue weighted by molar-refractivity contribution is 6.07. The Hall–Kier alpha value is -3.19. The summed E-state index contributed by atoms with van der Waals surface area (Å²) in [5, 5.41) is 34.6. The van der Waals surface area contributed by atoms with E-state index in [1.54, 1.807) is 24.3 Å². The molecule has 3 aromatic rings. The van der Waals surface area contributed by atoms with Crippen LogP contribution in [-0.4, -0.2) is 17.5 Å². The highest BCUT2D eigenvalue weighted by Crippen LogP contribution is 2.17. The van der Waals surface area contributed by atoms with E-state index in [9.17, 15) is 20.3 Å². The van der Waals surface area contributed by atoms with E-state index in [4.69, 9.17) is 4.74 Å². The molecule has 0 fully saturated rings. The minimum atomic E-state index is -0.728. The highest BCUT2D eigenvalue weighted by Gasteiger charge is 2.33. The van der Waals surface area contributed by atoms with Crippen LogP contribution in [0.5, 0.6) is 5.75 Å². The molecule has 2 aromatic carbocycles. The van der Waals surface area contributed by atoms with E-state index in [2.05, 4.69) is 0 Å². The number of aromatic nitrogens is 2. The third-order valence-corrected chi connectivity index (χ3v) is 3.83. The normalized spacial score (nSPS) is 10.8. The molecule has 1 heterocycles. The summed E-state index contributed by atoms with van der Waals surface area (Å²) in [5.74, 6) is -0.0497. The number of rotatable bonds is 5. The van der Waals surface area contributed by atoms with E-state index in [1.807, 2.05) is 6.92 Å². The van der Waals surface area contributed by atoms with E-state index in [0.717, 1.165) is 0 Å². The number of para-hydroxylation sites is 2. The van der Waals surface area contributed by atoms with Crippen LogP contribution in [0.1, 0.15) is 28.7 Å². The number of aliphatic hydroxyl groups excluding tert-OH is 1. The zero-order valence-electron chi connectivity index (χ0n) is 13.5. The minimum Gasteiger partial charge on any atom is -0.618 e. The Morgan fingerprint density at radius 3 is 2.20 bits per heavy atom. The van der Waals surface area contributed by atoms with E-state index in [0.29, 0.717) is 21.8 Å². The zero-order valence-corrected chi connectivity index (χ0v) is 13.5. The van der Waals surface area contributed by atoms with Crippen molar-refractivity contribution in [2.45, 2.75) is 13.5 Å². The highest BCUT2D eigenvalue weighted by atomic mass is 16.5. The van der Waals surface area contributed by atoms with Gasteiger partial charge in [-0.25, -0.2) is 0 Å². The van der Waals surface area contributed by atoms with Crippen molar-refractivity contribution in [3.63, 3.8) is 0 Å². The summed E-state index contributed by atoms with van der Waals surface area (Å²) in [7, 11) is 0. The van der Waals surface area contributed by atoms with Crippen LogP contribution < -0.4 is 14.2 Å². The lowest BCUT2D eigenvalue weighted by molar-refractivity contribution is -0.637. The molecule has 0 unspecified atom stereocenters. The number of carbonyl (C=O) groups is 1. The fourth-order valence-electron chi connectivity index (χ4n) is 2.66. The second kappa shape index (κ2) is 6.74. The fraction of sp³-hybridized carbons (Fsp3) is 0.167. The molecule has 3 rings (SSSR count). The summed E-state index contributed by atoms with van der Waals surface area (Å²) in [5.41, 5.74) is -0.306. The van der Waals surface area contributed by atoms with Gasteiger partial charge in [0.1, 0.15) is 12.4 Å². The molecular formula is C18H16N2O5. The molecule has 0 saturated heterocycles. The maximum absolute atomic E-state index is 12.8. The molecule has 128 valence electrons. The molecule has 7 heteroatoms. The van der Waals surface area contributed by atoms with Crippen LogP contribution in [0.15, 0.2) is 48.5 Å². The molecule has 0 aliphatic carbocycles. The number of aliphatic hydroxyl groups is 1. The largest absolute Gasteiger partial charge is 0.618 e. The maximum atomic E-state index is 12.8. The molecule has 0 atom stereocenters. The van der Waals surface area contributed by atoms with Crippen LogP contribution in [0.2, 0.25) is 0 Å². The first kappa shape index (κ1) is 16.7. The van der Waals surface area contributed by atoms with Crippen molar-refractivity contribution in [3.05, 3.63) is 75.9 Å². The van der Waals surface area contributed by atoms with E-state index < -0.39 is 12.4 Å². The van der Waals surface area contributed by atoms with Crippen molar-refractivity contribution < 1.29 is 24.1 Å². The lowest BCUT2D eigenvalue weighted by Crippen LogP contribution is -2.47. The average Bonchev–Trinajstić information content (AvgIpc) is 2.65. The quantitative estimate of drug-likeness (QED) is 0.428. The Morgan fingerprint density at radius 1 is 1.04 bits per heavy atom. The third-order valence-electron chi connectivity index (χ3n) is 3.83. The van der Waals surface area contributed by atoms with E-state index in [-0.39, 0.29) is 28.0 Å². The zero-order chi connectivity index (χ0) is 18.0.